The maximum Gasteiger partial charge on any atom is 0.215 e. The molecule has 0 aromatic heterocycles. The second-order valence-corrected chi connectivity index (χ2v) is 7.99. The Balaban J connectivity index is 2.16. The van der Waals surface area contributed by atoms with Crippen molar-refractivity contribution < 1.29 is 9.31 Å². The predicted molar refractivity (Wildman–Crippen MR) is 100 cm³/mol. The molecule has 0 aliphatic rings. The highest BCUT2D eigenvalue weighted by molar-refractivity contribution is 7.73. The molecule has 3 rings (SSSR count). The van der Waals surface area contributed by atoms with Crippen LogP contribution in [0.15, 0.2) is 84.9 Å². The zero-order chi connectivity index (χ0) is 17.6. The van der Waals surface area contributed by atoms with Crippen molar-refractivity contribution in [3.05, 3.63) is 106 Å². The lowest BCUT2D eigenvalue weighted by atomic mass is 10.1. The molecule has 0 heterocycles. The minimum absolute atomic E-state index is 0.309. The van der Waals surface area contributed by atoms with E-state index in [9.17, 15) is 14.5 Å². The molecule has 126 valence electrons. The smallest absolute Gasteiger partial charge is 0.215 e. The van der Waals surface area contributed by atoms with Crippen molar-refractivity contribution in [1.82, 2.24) is 0 Å². The minimum atomic E-state index is -1.12. The average molecular weight is 353 g/mol. The average Bonchev–Trinajstić information content (AvgIpc) is 2.63. The maximum atomic E-state index is 14.5. The highest BCUT2D eigenvalue weighted by Crippen LogP contribution is 2.50. The molecule has 1 atom stereocenters. The third-order valence-electron chi connectivity index (χ3n) is 3.97. The normalized spacial score (nSPS) is 12.1. The molecule has 1 unspecified atom stereocenters. The van der Waals surface area contributed by atoms with Crippen molar-refractivity contribution in [1.29, 1.82) is 0 Å². The van der Waals surface area contributed by atoms with Crippen LogP contribution < -0.4 is 10.6 Å². The van der Waals surface area contributed by atoms with Gasteiger partial charge in [-0.25, -0.2) is 4.39 Å². The lowest BCUT2D eigenvalue weighted by Crippen LogP contribution is -2.23. The van der Waals surface area contributed by atoms with E-state index in [4.69, 9.17) is 0 Å². The van der Waals surface area contributed by atoms with Crippen molar-refractivity contribution in [3.8, 4) is 0 Å². The molecule has 0 bridgehead atoms. The van der Waals surface area contributed by atoms with Gasteiger partial charge < -0.3 is 0 Å². The molecule has 3 aromatic rings. The summed E-state index contributed by atoms with van der Waals surface area (Å²) in [5.41, 5.74) is -0.131. The van der Waals surface area contributed by atoms with Gasteiger partial charge in [-0.05, 0) is 24.6 Å². The lowest BCUT2D eigenvalue weighted by Gasteiger charge is -2.26. The SMILES string of the molecule is O=[N+]([O-])CC(c1ccccc1F)P(c1ccccc1)c1ccccc1. The van der Waals surface area contributed by atoms with Gasteiger partial charge >= 0.3 is 0 Å². The molecule has 0 saturated carbocycles. The summed E-state index contributed by atoms with van der Waals surface area (Å²) in [5.74, 6) is -0.395. The Morgan fingerprint density at radius 3 is 1.80 bits per heavy atom. The monoisotopic (exact) mass is 353 g/mol. The van der Waals surface area contributed by atoms with Crippen molar-refractivity contribution >= 4 is 18.5 Å². The fourth-order valence-electron chi connectivity index (χ4n) is 2.89. The van der Waals surface area contributed by atoms with Gasteiger partial charge in [0.1, 0.15) is 5.82 Å². The third-order valence-corrected chi connectivity index (χ3v) is 6.74. The molecule has 0 N–H and O–H groups in total. The number of halogens is 1. The molecule has 0 aliphatic carbocycles. The number of hydrogen-bond acceptors (Lipinski definition) is 2. The Labute approximate surface area is 147 Å². The van der Waals surface area contributed by atoms with E-state index in [1.807, 2.05) is 60.7 Å². The van der Waals surface area contributed by atoms with Crippen molar-refractivity contribution in [3.63, 3.8) is 0 Å². The summed E-state index contributed by atoms with van der Waals surface area (Å²) >= 11 is 0. The Morgan fingerprint density at radius 1 is 0.840 bits per heavy atom. The van der Waals surface area contributed by atoms with Gasteiger partial charge in [0.2, 0.25) is 6.54 Å². The highest BCUT2D eigenvalue weighted by Gasteiger charge is 2.32. The molecule has 5 heteroatoms. The summed E-state index contributed by atoms with van der Waals surface area (Å²) in [5, 5.41) is 13.4. The second-order valence-electron chi connectivity index (χ2n) is 5.59. The molecular weight excluding hydrogens is 336 g/mol. The molecule has 0 aliphatic heterocycles. The van der Waals surface area contributed by atoms with Crippen LogP contribution in [0.1, 0.15) is 11.2 Å². The molecule has 0 fully saturated rings. The van der Waals surface area contributed by atoms with Crippen LogP contribution in [0, 0.1) is 15.9 Å². The maximum absolute atomic E-state index is 14.5. The van der Waals surface area contributed by atoms with Crippen LogP contribution in [0.4, 0.5) is 4.39 Å². The fraction of sp³-hybridized carbons (Fsp3) is 0.100. The number of nitro groups is 1. The van der Waals surface area contributed by atoms with Crippen LogP contribution in [-0.4, -0.2) is 11.5 Å². The van der Waals surface area contributed by atoms with E-state index < -0.39 is 19.4 Å². The van der Waals surface area contributed by atoms with Crippen LogP contribution in [-0.2, 0) is 0 Å². The van der Waals surface area contributed by atoms with E-state index >= 15 is 0 Å². The Kier molecular flexibility index (Phi) is 5.52. The van der Waals surface area contributed by atoms with E-state index in [0.29, 0.717) is 5.56 Å². The second kappa shape index (κ2) is 8.00. The summed E-state index contributed by atoms with van der Waals surface area (Å²) in [4.78, 5) is 11.0. The van der Waals surface area contributed by atoms with E-state index in [1.54, 1.807) is 18.2 Å². The van der Waals surface area contributed by atoms with E-state index in [0.717, 1.165) is 10.6 Å². The Bertz CT molecular complexity index is 803. The Morgan fingerprint density at radius 2 is 1.32 bits per heavy atom. The van der Waals surface area contributed by atoms with Gasteiger partial charge in [0.25, 0.3) is 0 Å². The first kappa shape index (κ1) is 17.2. The van der Waals surface area contributed by atoms with Gasteiger partial charge in [-0.2, -0.15) is 0 Å². The molecule has 3 nitrogen and oxygen atoms in total. The van der Waals surface area contributed by atoms with Crippen LogP contribution in [0.3, 0.4) is 0 Å². The van der Waals surface area contributed by atoms with Gasteiger partial charge in [-0.1, -0.05) is 78.9 Å². The molecule has 0 saturated heterocycles. The van der Waals surface area contributed by atoms with Gasteiger partial charge in [0.05, 0.1) is 5.66 Å². The van der Waals surface area contributed by atoms with Crippen LogP contribution in [0.2, 0.25) is 0 Å². The summed E-state index contributed by atoms with van der Waals surface area (Å²) in [7, 11) is -1.12. The van der Waals surface area contributed by atoms with Gasteiger partial charge in [0.15, 0.2) is 0 Å². The number of rotatable bonds is 6. The van der Waals surface area contributed by atoms with Crippen molar-refractivity contribution in [2.75, 3.05) is 6.54 Å². The topological polar surface area (TPSA) is 43.1 Å². The van der Waals surface area contributed by atoms with Gasteiger partial charge in [-0.15, -0.1) is 0 Å². The third kappa shape index (κ3) is 4.09. The lowest BCUT2D eigenvalue weighted by molar-refractivity contribution is -0.479. The first-order valence-electron chi connectivity index (χ1n) is 7.92. The molecule has 25 heavy (non-hydrogen) atoms. The summed E-state index contributed by atoms with van der Waals surface area (Å²) in [6, 6.07) is 25.7. The molecule has 0 amide bonds. The minimum Gasteiger partial charge on any atom is -0.265 e. The molecule has 0 spiro atoms. The number of hydrogen-bond donors (Lipinski definition) is 0. The summed E-state index contributed by atoms with van der Waals surface area (Å²) < 4.78 is 14.5. The van der Waals surface area contributed by atoms with Gasteiger partial charge in [0, 0.05) is 10.5 Å². The van der Waals surface area contributed by atoms with E-state index in [-0.39, 0.29) is 11.5 Å². The predicted octanol–water partition coefficient (Wildman–Crippen LogP) is 4.28. The Hall–Kier alpha value is -2.58. The largest absolute Gasteiger partial charge is 0.265 e. The fourth-order valence-corrected chi connectivity index (χ4v) is 5.68. The molecule has 3 aromatic carbocycles. The van der Waals surface area contributed by atoms with Crippen LogP contribution >= 0.6 is 7.92 Å². The zero-order valence-corrected chi connectivity index (χ0v) is 14.4. The number of benzene rings is 3. The number of nitrogens with zero attached hydrogens (tertiary/aromatic N) is 1. The standard InChI is InChI=1S/C20H17FNO2P/c21-19-14-8-7-13-18(19)20(15-22(23)24)25(16-9-3-1-4-10-16)17-11-5-2-6-12-17/h1-14,20H,15H2. The molecular formula is C20H17FNO2P. The van der Waals surface area contributed by atoms with Crippen molar-refractivity contribution in [2.45, 2.75) is 5.66 Å². The van der Waals surface area contributed by atoms with Gasteiger partial charge in [-0.3, -0.25) is 10.1 Å². The summed E-state index contributed by atoms with van der Waals surface area (Å²) in [6.07, 6.45) is 0. The molecule has 0 radical (unpaired) electrons. The summed E-state index contributed by atoms with van der Waals surface area (Å²) in [6.45, 7) is -0.309. The van der Waals surface area contributed by atoms with Crippen LogP contribution in [0.25, 0.3) is 0 Å². The highest BCUT2D eigenvalue weighted by atomic mass is 31.1. The zero-order valence-electron chi connectivity index (χ0n) is 13.5. The van der Waals surface area contributed by atoms with Crippen molar-refractivity contribution in [2.24, 2.45) is 0 Å². The first-order chi connectivity index (χ1) is 12.2. The quantitative estimate of drug-likeness (QED) is 0.377. The first-order valence-corrected chi connectivity index (χ1v) is 9.33. The van der Waals surface area contributed by atoms with Crippen LogP contribution in [0.5, 0.6) is 0 Å². The van der Waals surface area contributed by atoms with E-state index in [1.165, 1.54) is 6.07 Å². The van der Waals surface area contributed by atoms with E-state index in [2.05, 4.69) is 0 Å².